The lowest BCUT2D eigenvalue weighted by Gasteiger charge is -2.18. The SMILES string of the molecule is CCCCCC/C=C\C/C=C\CCCCCCCCCC(=O)OC(COC(=O)CCCCCCCCCCCC)COC(=O)CCCCCCCCCCCCCCCCCCCCCCCCCCCCCCC. The van der Waals surface area contributed by atoms with Crippen LogP contribution < -0.4 is 0 Å². The summed E-state index contributed by atoms with van der Waals surface area (Å²) in [5.41, 5.74) is 0. The smallest absolute Gasteiger partial charge is 0.306 e. The number of hydrogen-bond donors (Lipinski definition) is 0. The van der Waals surface area contributed by atoms with E-state index >= 15 is 0 Å². The van der Waals surface area contributed by atoms with Crippen molar-refractivity contribution in [3.63, 3.8) is 0 Å². The van der Waals surface area contributed by atoms with Gasteiger partial charge in [0.1, 0.15) is 13.2 Å². The highest BCUT2D eigenvalue weighted by atomic mass is 16.6. The minimum atomic E-state index is -0.771. The van der Waals surface area contributed by atoms with Crippen LogP contribution in [0.5, 0.6) is 0 Å². The quantitative estimate of drug-likeness (QED) is 0.0261. The first kappa shape index (κ1) is 72.9. The van der Waals surface area contributed by atoms with E-state index in [0.717, 1.165) is 70.6 Å². The van der Waals surface area contributed by atoms with Gasteiger partial charge in [-0.15, -0.1) is 0 Å². The molecule has 0 fully saturated rings. The zero-order valence-corrected chi connectivity index (χ0v) is 50.8. The van der Waals surface area contributed by atoms with Crippen LogP contribution in [-0.4, -0.2) is 37.2 Å². The van der Waals surface area contributed by atoms with Gasteiger partial charge in [0, 0.05) is 19.3 Å². The van der Waals surface area contributed by atoms with Gasteiger partial charge in [0.15, 0.2) is 6.10 Å². The van der Waals surface area contributed by atoms with E-state index in [0.29, 0.717) is 19.3 Å². The van der Waals surface area contributed by atoms with Crippen LogP contribution in [0.1, 0.15) is 380 Å². The lowest BCUT2D eigenvalue weighted by atomic mass is 10.0. The molecule has 1 unspecified atom stereocenters. The van der Waals surface area contributed by atoms with Crippen LogP contribution >= 0.6 is 0 Å². The van der Waals surface area contributed by atoms with E-state index in [-0.39, 0.29) is 31.1 Å². The average Bonchev–Trinajstić information content (AvgIpc) is 3.41. The van der Waals surface area contributed by atoms with E-state index in [9.17, 15) is 14.4 Å². The van der Waals surface area contributed by atoms with Gasteiger partial charge in [0.2, 0.25) is 0 Å². The number of carbonyl (C=O) groups is 3. The van der Waals surface area contributed by atoms with Crippen LogP contribution in [0, 0.1) is 0 Å². The summed E-state index contributed by atoms with van der Waals surface area (Å²) in [6.45, 7) is 6.67. The predicted molar refractivity (Wildman–Crippen MR) is 326 cm³/mol. The van der Waals surface area contributed by atoms with Crippen molar-refractivity contribution in [2.24, 2.45) is 0 Å². The van der Waals surface area contributed by atoms with Crippen LogP contribution in [-0.2, 0) is 28.6 Å². The monoisotopic (exact) mass is 1050 g/mol. The summed E-state index contributed by atoms with van der Waals surface area (Å²) in [5, 5.41) is 0. The fourth-order valence-electron chi connectivity index (χ4n) is 10.4. The van der Waals surface area contributed by atoms with Crippen LogP contribution in [0.3, 0.4) is 0 Å². The Morgan fingerprint density at radius 1 is 0.267 bits per heavy atom. The number of rotatable bonds is 63. The topological polar surface area (TPSA) is 78.9 Å². The van der Waals surface area contributed by atoms with E-state index in [4.69, 9.17) is 14.2 Å². The van der Waals surface area contributed by atoms with Gasteiger partial charge in [0.05, 0.1) is 0 Å². The Morgan fingerprint density at radius 2 is 0.480 bits per heavy atom. The van der Waals surface area contributed by atoms with Gasteiger partial charge in [-0.05, 0) is 51.4 Å². The molecule has 6 nitrogen and oxygen atoms in total. The Balaban J connectivity index is 4.10. The minimum Gasteiger partial charge on any atom is -0.462 e. The molecule has 75 heavy (non-hydrogen) atoms. The highest BCUT2D eigenvalue weighted by molar-refractivity contribution is 5.71. The van der Waals surface area contributed by atoms with Crippen LogP contribution in [0.25, 0.3) is 0 Å². The van der Waals surface area contributed by atoms with Gasteiger partial charge >= 0.3 is 17.9 Å². The highest BCUT2D eigenvalue weighted by Crippen LogP contribution is 2.18. The van der Waals surface area contributed by atoms with Crippen molar-refractivity contribution in [3.8, 4) is 0 Å². The second-order valence-electron chi connectivity index (χ2n) is 23.1. The maximum absolute atomic E-state index is 12.9. The molecule has 0 bridgehead atoms. The average molecular weight is 1060 g/mol. The fourth-order valence-corrected chi connectivity index (χ4v) is 10.4. The summed E-state index contributed by atoms with van der Waals surface area (Å²) in [7, 11) is 0. The summed E-state index contributed by atoms with van der Waals surface area (Å²) in [4.78, 5) is 38.2. The van der Waals surface area contributed by atoms with E-state index in [1.807, 2.05) is 0 Å². The Hall–Kier alpha value is -2.11. The number of esters is 3. The third kappa shape index (κ3) is 62.6. The Morgan fingerprint density at radius 3 is 0.747 bits per heavy atom. The molecule has 0 N–H and O–H groups in total. The first-order valence-electron chi connectivity index (χ1n) is 33.8. The fraction of sp³-hybridized carbons (Fsp3) is 0.899. The maximum Gasteiger partial charge on any atom is 0.306 e. The molecule has 0 aliphatic heterocycles. The van der Waals surface area contributed by atoms with Gasteiger partial charge < -0.3 is 14.2 Å². The van der Waals surface area contributed by atoms with E-state index in [1.54, 1.807) is 0 Å². The molecule has 0 saturated carbocycles. The molecule has 0 heterocycles. The number of hydrogen-bond acceptors (Lipinski definition) is 6. The summed E-state index contributed by atoms with van der Waals surface area (Å²) < 4.78 is 16.9. The molecule has 442 valence electrons. The van der Waals surface area contributed by atoms with E-state index in [2.05, 4.69) is 45.1 Å². The molecule has 0 aliphatic carbocycles. The number of unbranched alkanes of at least 4 members (excludes halogenated alkanes) is 48. The predicted octanol–water partition coefficient (Wildman–Crippen LogP) is 23.0. The van der Waals surface area contributed by atoms with Gasteiger partial charge in [-0.25, -0.2) is 0 Å². The second-order valence-corrected chi connectivity index (χ2v) is 23.1. The maximum atomic E-state index is 12.9. The third-order valence-electron chi connectivity index (χ3n) is 15.5. The van der Waals surface area contributed by atoms with Gasteiger partial charge in [-0.3, -0.25) is 14.4 Å². The summed E-state index contributed by atoms with van der Waals surface area (Å²) in [6, 6.07) is 0. The molecule has 0 aliphatic rings. The Bertz CT molecular complexity index is 1210. The lowest BCUT2D eigenvalue weighted by Crippen LogP contribution is -2.30. The Kier molecular flexibility index (Phi) is 62.6. The van der Waals surface area contributed by atoms with Crippen LogP contribution in [0.15, 0.2) is 24.3 Å². The third-order valence-corrected chi connectivity index (χ3v) is 15.5. The molecule has 6 heteroatoms. The molecule has 0 amide bonds. The van der Waals surface area contributed by atoms with E-state index < -0.39 is 6.10 Å². The molecular formula is C69H130O6. The molecular weight excluding hydrogens is 925 g/mol. The minimum absolute atomic E-state index is 0.0688. The van der Waals surface area contributed by atoms with E-state index in [1.165, 1.54) is 270 Å². The summed E-state index contributed by atoms with van der Waals surface area (Å²) >= 11 is 0. The largest absolute Gasteiger partial charge is 0.462 e. The van der Waals surface area contributed by atoms with Gasteiger partial charge in [-0.1, -0.05) is 334 Å². The molecule has 0 aromatic rings. The van der Waals surface area contributed by atoms with Crippen molar-refractivity contribution in [2.45, 2.75) is 386 Å². The molecule has 1 atom stereocenters. The second kappa shape index (κ2) is 64.4. The zero-order valence-electron chi connectivity index (χ0n) is 50.8. The summed E-state index contributed by atoms with van der Waals surface area (Å²) in [5.74, 6) is -0.852. The highest BCUT2D eigenvalue weighted by Gasteiger charge is 2.19. The van der Waals surface area contributed by atoms with Crippen molar-refractivity contribution >= 4 is 17.9 Å². The van der Waals surface area contributed by atoms with Crippen LogP contribution in [0.2, 0.25) is 0 Å². The number of ether oxygens (including phenoxy) is 3. The zero-order chi connectivity index (χ0) is 54.3. The lowest BCUT2D eigenvalue weighted by molar-refractivity contribution is -0.167. The molecule has 0 aromatic carbocycles. The molecule has 0 radical (unpaired) electrons. The van der Waals surface area contributed by atoms with Crippen molar-refractivity contribution in [1.29, 1.82) is 0 Å². The molecule has 0 rings (SSSR count). The van der Waals surface area contributed by atoms with Crippen molar-refractivity contribution < 1.29 is 28.6 Å². The normalized spacial score (nSPS) is 12.1. The number of carbonyl (C=O) groups excluding carboxylic acids is 3. The standard InChI is InChI=1S/C69H130O6/c1-4-7-10-13-16-19-22-24-26-28-30-31-32-33-34-35-36-37-38-39-40-42-43-45-47-50-53-56-59-62-68(71)74-65-66(64-73-67(70)61-58-55-52-49-21-18-15-12-9-6-3)75-69(72)63-60-57-54-51-48-46-44-41-29-27-25-23-20-17-14-11-8-5-2/h20,23,27,29,66H,4-19,21-22,24-26,28,30-65H2,1-3H3/b23-20-,29-27-. The molecule has 0 aromatic heterocycles. The van der Waals surface area contributed by atoms with Gasteiger partial charge in [0.25, 0.3) is 0 Å². The first-order valence-corrected chi connectivity index (χ1v) is 33.8. The number of allylic oxidation sites excluding steroid dienone is 4. The van der Waals surface area contributed by atoms with Gasteiger partial charge in [-0.2, -0.15) is 0 Å². The summed E-state index contributed by atoms with van der Waals surface area (Å²) in [6.07, 6.45) is 77.9. The van der Waals surface area contributed by atoms with Crippen molar-refractivity contribution in [3.05, 3.63) is 24.3 Å². The molecule has 0 spiro atoms. The first-order chi connectivity index (χ1) is 37.0. The van der Waals surface area contributed by atoms with Crippen molar-refractivity contribution in [2.75, 3.05) is 13.2 Å². The molecule has 0 saturated heterocycles. The van der Waals surface area contributed by atoms with Crippen LogP contribution in [0.4, 0.5) is 0 Å². The Labute approximate surface area is 468 Å². The van der Waals surface area contributed by atoms with Crippen molar-refractivity contribution in [1.82, 2.24) is 0 Å².